The lowest BCUT2D eigenvalue weighted by Gasteiger charge is -2.26. The number of para-hydroxylation sites is 1. The van der Waals surface area contributed by atoms with Crippen LogP contribution < -0.4 is 4.74 Å². The molecule has 1 N–H and O–H groups in total. The lowest BCUT2D eigenvalue weighted by Crippen LogP contribution is -2.37. The predicted molar refractivity (Wildman–Crippen MR) is 91.5 cm³/mol. The summed E-state index contributed by atoms with van der Waals surface area (Å²) >= 11 is 0. The summed E-state index contributed by atoms with van der Waals surface area (Å²) in [6, 6.07) is 11.7. The van der Waals surface area contributed by atoms with Gasteiger partial charge in [-0.15, -0.1) is 0 Å². The van der Waals surface area contributed by atoms with E-state index in [1.165, 1.54) is 0 Å². The topological polar surface area (TPSA) is 45.8 Å². The highest BCUT2D eigenvalue weighted by Gasteiger charge is 2.15. The van der Waals surface area contributed by atoms with Crippen molar-refractivity contribution in [2.75, 3.05) is 19.7 Å². The number of rotatable bonds is 9. The first-order chi connectivity index (χ1) is 11.0. The molecule has 23 heavy (non-hydrogen) atoms. The molecule has 2 rings (SSSR count). The van der Waals surface area contributed by atoms with Gasteiger partial charge in [0.1, 0.15) is 24.2 Å². The predicted octanol–water partition coefficient (Wildman–Crippen LogP) is 3.49. The zero-order valence-electron chi connectivity index (χ0n) is 14.2. The van der Waals surface area contributed by atoms with Crippen molar-refractivity contribution in [1.29, 1.82) is 0 Å². The van der Waals surface area contributed by atoms with Crippen LogP contribution in [-0.2, 0) is 6.54 Å². The number of nitrogens with zero attached hydrogens (tertiary/aromatic N) is 1. The van der Waals surface area contributed by atoms with Crippen molar-refractivity contribution in [3.63, 3.8) is 0 Å². The number of furan rings is 1. The summed E-state index contributed by atoms with van der Waals surface area (Å²) in [4.78, 5) is 2.20. The van der Waals surface area contributed by atoms with Gasteiger partial charge in [0, 0.05) is 13.1 Å². The van der Waals surface area contributed by atoms with E-state index >= 15 is 0 Å². The molecule has 0 amide bonds. The van der Waals surface area contributed by atoms with E-state index in [1.807, 2.05) is 43.3 Å². The fourth-order valence-electron chi connectivity index (χ4n) is 2.60. The van der Waals surface area contributed by atoms with E-state index in [0.717, 1.165) is 23.6 Å². The maximum absolute atomic E-state index is 10.3. The molecule has 0 aliphatic carbocycles. The Balaban J connectivity index is 1.86. The smallest absolute Gasteiger partial charge is 0.122 e. The van der Waals surface area contributed by atoms with E-state index in [1.54, 1.807) is 6.26 Å². The molecule has 0 aliphatic rings. The fourth-order valence-corrected chi connectivity index (χ4v) is 2.60. The van der Waals surface area contributed by atoms with Crippen LogP contribution in [0.25, 0.3) is 0 Å². The summed E-state index contributed by atoms with van der Waals surface area (Å²) < 4.78 is 11.2. The zero-order chi connectivity index (χ0) is 16.7. The zero-order valence-corrected chi connectivity index (χ0v) is 14.2. The van der Waals surface area contributed by atoms with E-state index in [0.29, 0.717) is 19.0 Å². The molecule has 2 aromatic rings. The van der Waals surface area contributed by atoms with Gasteiger partial charge in [0.25, 0.3) is 0 Å². The van der Waals surface area contributed by atoms with E-state index < -0.39 is 6.10 Å². The molecule has 1 aromatic heterocycles. The van der Waals surface area contributed by atoms with Crippen LogP contribution in [0.2, 0.25) is 0 Å². The molecule has 1 atom stereocenters. The Morgan fingerprint density at radius 1 is 1.13 bits per heavy atom. The highest BCUT2D eigenvalue weighted by atomic mass is 16.5. The lowest BCUT2D eigenvalue weighted by molar-refractivity contribution is 0.0589. The SMILES string of the molecule is Cc1ccccc1OC[C@H](O)CN(Cc1ccco1)CC(C)C. The van der Waals surface area contributed by atoms with Gasteiger partial charge in [-0.1, -0.05) is 32.0 Å². The van der Waals surface area contributed by atoms with E-state index in [-0.39, 0.29) is 6.61 Å². The Morgan fingerprint density at radius 3 is 2.57 bits per heavy atom. The fraction of sp³-hybridized carbons (Fsp3) is 0.474. The summed E-state index contributed by atoms with van der Waals surface area (Å²) in [5.74, 6) is 2.26. The minimum absolute atomic E-state index is 0.289. The van der Waals surface area contributed by atoms with Crippen LogP contribution in [-0.4, -0.2) is 35.8 Å². The molecule has 0 saturated heterocycles. The van der Waals surface area contributed by atoms with Gasteiger partial charge in [0.05, 0.1) is 12.8 Å². The Bertz CT molecular complexity index is 566. The summed E-state index contributed by atoms with van der Waals surface area (Å²) in [5.41, 5.74) is 1.08. The molecule has 0 fully saturated rings. The van der Waals surface area contributed by atoms with Crippen LogP contribution in [0.4, 0.5) is 0 Å². The van der Waals surface area contributed by atoms with Crippen molar-refractivity contribution < 1.29 is 14.3 Å². The highest BCUT2D eigenvalue weighted by Crippen LogP contribution is 2.16. The molecule has 1 heterocycles. The molecule has 4 nitrogen and oxygen atoms in total. The summed E-state index contributed by atoms with van der Waals surface area (Å²) in [6.45, 7) is 8.80. The number of hydrogen-bond donors (Lipinski definition) is 1. The number of benzene rings is 1. The van der Waals surface area contributed by atoms with Crippen molar-refractivity contribution in [2.24, 2.45) is 5.92 Å². The van der Waals surface area contributed by atoms with Crippen molar-refractivity contribution in [3.8, 4) is 5.75 Å². The number of ether oxygens (including phenoxy) is 1. The number of aliphatic hydroxyl groups is 1. The van der Waals surface area contributed by atoms with Crippen LogP contribution in [0.1, 0.15) is 25.2 Å². The first-order valence-electron chi connectivity index (χ1n) is 8.16. The number of hydrogen-bond acceptors (Lipinski definition) is 4. The van der Waals surface area contributed by atoms with E-state index in [9.17, 15) is 5.11 Å². The molecule has 0 aliphatic heterocycles. The standard InChI is InChI=1S/C19H27NO3/c1-15(2)11-20(13-18-8-6-10-22-18)12-17(21)14-23-19-9-5-4-7-16(19)3/h4-10,15,17,21H,11-14H2,1-3H3/t17-/m1/s1. The van der Waals surface area contributed by atoms with Gasteiger partial charge < -0.3 is 14.3 Å². The van der Waals surface area contributed by atoms with Crippen LogP contribution in [0.5, 0.6) is 5.75 Å². The molecule has 0 radical (unpaired) electrons. The number of aliphatic hydroxyl groups excluding tert-OH is 1. The van der Waals surface area contributed by atoms with Crippen molar-refractivity contribution in [3.05, 3.63) is 54.0 Å². The molecule has 0 unspecified atom stereocenters. The minimum atomic E-state index is -0.539. The second-order valence-corrected chi connectivity index (χ2v) is 6.40. The lowest BCUT2D eigenvalue weighted by atomic mass is 10.2. The number of aryl methyl sites for hydroxylation is 1. The Morgan fingerprint density at radius 2 is 1.91 bits per heavy atom. The van der Waals surface area contributed by atoms with Crippen LogP contribution >= 0.6 is 0 Å². The second kappa shape index (κ2) is 8.75. The normalized spacial score (nSPS) is 12.8. The quantitative estimate of drug-likeness (QED) is 0.769. The maximum atomic E-state index is 10.3. The molecule has 1 aromatic carbocycles. The van der Waals surface area contributed by atoms with Gasteiger partial charge in [-0.05, 0) is 36.6 Å². The monoisotopic (exact) mass is 317 g/mol. The van der Waals surface area contributed by atoms with Crippen LogP contribution in [0.3, 0.4) is 0 Å². The second-order valence-electron chi connectivity index (χ2n) is 6.40. The first kappa shape index (κ1) is 17.6. The largest absolute Gasteiger partial charge is 0.491 e. The van der Waals surface area contributed by atoms with Gasteiger partial charge in [0.2, 0.25) is 0 Å². The molecule has 126 valence electrons. The molecular weight excluding hydrogens is 290 g/mol. The summed E-state index contributed by atoms with van der Waals surface area (Å²) in [5, 5.41) is 10.3. The summed E-state index contributed by atoms with van der Waals surface area (Å²) in [6.07, 6.45) is 1.14. The third-order valence-electron chi connectivity index (χ3n) is 3.58. The molecular formula is C19H27NO3. The van der Waals surface area contributed by atoms with Gasteiger partial charge in [-0.25, -0.2) is 0 Å². The maximum Gasteiger partial charge on any atom is 0.122 e. The molecule has 4 heteroatoms. The van der Waals surface area contributed by atoms with Crippen molar-refractivity contribution in [2.45, 2.75) is 33.4 Å². The molecule has 0 spiro atoms. The molecule has 0 saturated carbocycles. The van der Waals surface area contributed by atoms with Crippen molar-refractivity contribution in [1.82, 2.24) is 4.90 Å². The van der Waals surface area contributed by atoms with Crippen LogP contribution in [0, 0.1) is 12.8 Å². The third kappa shape index (κ3) is 6.08. The van der Waals surface area contributed by atoms with Gasteiger partial charge >= 0.3 is 0 Å². The third-order valence-corrected chi connectivity index (χ3v) is 3.58. The van der Waals surface area contributed by atoms with E-state index in [4.69, 9.17) is 9.15 Å². The average molecular weight is 317 g/mol. The molecule has 0 bridgehead atoms. The van der Waals surface area contributed by atoms with Gasteiger partial charge in [0.15, 0.2) is 0 Å². The minimum Gasteiger partial charge on any atom is -0.491 e. The van der Waals surface area contributed by atoms with Crippen molar-refractivity contribution >= 4 is 0 Å². The Kier molecular flexibility index (Phi) is 6.68. The van der Waals surface area contributed by atoms with E-state index in [2.05, 4.69) is 18.7 Å². The highest BCUT2D eigenvalue weighted by molar-refractivity contribution is 5.31. The first-order valence-corrected chi connectivity index (χ1v) is 8.16. The van der Waals surface area contributed by atoms with Crippen LogP contribution in [0.15, 0.2) is 47.1 Å². The average Bonchev–Trinajstić information content (AvgIpc) is 2.98. The Labute approximate surface area is 138 Å². The van der Waals surface area contributed by atoms with Gasteiger partial charge in [-0.2, -0.15) is 0 Å². The Hall–Kier alpha value is -1.78. The summed E-state index contributed by atoms with van der Waals surface area (Å²) in [7, 11) is 0. The van der Waals surface area contributed by atoms with Gasteiger partial charge in [-0.3, -0.25) is 4.90 Å².